The average Bonchev–Trinajstić information content (AvgIpc) is 3.27. The number of benzene rings is 1. The van der Waals surface area contributed by atoms with Crippen molar-refractivity contribution in [2.24, 2.45) is 5.92 Å². The molecule has 1 aromatic rings. The van der Waals surface area contributed by atoms with Crippen LogP contribution in [-0.2, 0) is 6.54 Å². The van der Waals surface area contributed by atoms with Crippen LogP contribution in [0.1, 0.15) is 43.7 Å². The largest absolute Gasteiger partial charge is 0.368 e. The van der Waals surface area contributed by atoms with Crippen LogP contribution >= 0.6 is 0 Å². The summed E-state index contributed by atoms with van der Waals surface area (Å²) in [4.78, 5) is 2.67. The summed E-state index contributed by atoms with van der Waals surface area (Å²) < 4.78 is 0. The fraction of sp³-hybridized carbons (Fsp3) is 0.647. The molecule has 1 N–H and O–H groups in total. The Balaban J connectivity index is 1.73. The smallest absolute Gasteiger partial charge is 0.0371 e. The number of nitrogens with zero attached hydrogens (tertiary/aromatic N) is 1. The fourth-order valence-corrected chi connectivity index (χ4v) is 2.75. The first-order chi connectivity index (χ1) is 9.28. The molecule has 2 saturated carbocycles. The van der Waals surface area contributed by atoms with E-state index in [2.05, 4.69) is 42.3 Å². The van der Waals surface area contributed by atoms with Gasteiger partial charge in [0.25, 0.3) is 0 Å². The Labute approximate surface area is 117 Å². The van der Waals surface area contributed by atoms with Crippen LogP contribution in [0.15, 0.2) is 18.2 Å². The quantitative estimate of drug-likeness (QED) is 0.805. The van der Waals surface area contributed by atoms with Gasteiger partial charge >= 0.3 is 0 Å². The van der Waals surface area contributed by atoms with Crippen molar-refractivity contribution >= 4 is 5.69 Å². The standard InChI is InChI=1S/C17H26N2/c1-3-18-11-15-6-7-17(10-13(15)2)19(16-8-9-16)12-14-4-5-14/h6-7,10,14,16,18H,3-5,8-9,11-12H2,1-2H3. The van der Waals surface area contributed by atoms with Crippen LogP contribution in [0.5, 0.6) is 0 Å². The summed E-state index contributed by atoms with van der Waals surface area (Å²) in [5.41, 5.74) is 4.32. The summed E-state index contributed by atoms with van der Waals surface area (Å²) in [6.07, 6.45) is 5.68. The van der Waals surface area contributed by atoms with E-state index in [4.69, 9.17) is 0 Å². The lowest BCUT2D eigenvalue weighted by molar-refractivity contribution is 0.713. The number of hydrogen-bond acceptors (Lipinski definition) is 2. The summed E-state index contributed by atoms with van der Waals surface area (Å²) in [6.45, 7) is 7.73. The molecule has 3 rings (SSSR count). The van der Waals surface area contributed by atoms with Gasteiger partial charge in [-0.15, -0.1) is 0 Å². The summed E-state index contributed by atoms with van der Waals surface area (Å²) in [5, 5.41) is 3.42. The van der Waals surface area contributed by atoms with Gasteiger partial charge in [-0.3, -0.25) is 0 Å². The van der Waals surface area contributed by atoms with Gasteiger partial charge in [0.1, 0.15) is 0 Å². The molecule has 19 heavy (non-hydrogen) atoms. The number of rotatable bonds is 7. The van der Waals surface area contributed by atoms with Crippen molar-refractivity contribution in [1.29, 1.82) is 0 Å². The van der Waals surface area contributed by atoms with Crippen molar-refractivity contribution in [2.45, 2.75) is 52.1 Å². The van der Waals surface area contributed by atoms with E-state index in [0.717, 1.165) is 25.0 Å². The second kappa shape index (κ2) is 5.54. The Morgan fingerprint density at radius 1 is 1.21 bits per heavy atom. The third-order valence-electron chi connectivity index (χ3n) is 4.36. The highest BCUT2D eigenvalue weighted by Gasteiger charge is 2.33. The molecule has 2 aliphatic rings. The molecule has 0 amide bonds. The molecule has 0 saturated heterocycles. The lowest BCUT2D eigenvalue weighted by Crippen LogP contribution is -2.28. The summed E-state index contributed by atoms with van der Waals surface area (Å²) in [5.74, 6) is 0.974. The predicted octanol–water partition coefficient (Wildman–Crippen LogP) is 3.48. The van der Waals surface area contributed by atoms with E-state index >= 15 is 0 Å². The number of anilines is 1. The van der Waals surface area contributed by atoms with Gasteiger partial charge in [0.2, 0.25) is 0 Å². The van der Waals surface area contributed by atoms with Crippen molar-refractivity contribution in [3.05, 3.63) is 29.3 Å². The molecule has 0 spiro atoms. The normalized spacial score (nSPS) is 18.6. The van der Waals surface area contributed by atoms with E-state index in [1.54, 1.807) is 0 Å². The Morgan fingerprint density at radius 2 is 2.00 bits per heavy atom. The maximum atomic E-state index is 3.42. The van der Waals surface area contributed by atoms with Crippen LogP contribution in [-0.4, -0.2) is 19.1 Å². The molecule has 0 aliphatic heterocycles. The Kier molecular flexibility index (Phi) is 3.79. The van der Waals surface area contributed by atoms with Gasteiger partial charge in [-0.05, 0) is 68.3 Å². The maximum absolute atomic E-state index is 3.42. The zero-order valence-corrected chi connectivity index (χ0v) is 12.3. The minimum atomic E-state index is 0.833. The highest BCUT2D eigenvalue weighted by atomic mass is 15.2. The lowest BCUT2D eigenvalue weighted by atomic mass is 10.1. The molecule has 1 aromatic carbocycles. The van der Waals surface area contributed by atoms with Gasteiger partial charge in [-0.2, -0.15) is 0 Å². The lowest BCUT2D eigenvalue weighted by Gasteiger charge is -2.25. The van der Waals surface area contributed by atoms with Crippen LogP contribution in [0.4, 0.5) is 5.69 Å². The zero-order chi connectivity index (χ0) is 13.2. The minimum Gasteiger partial charge on any atom is -0.368 e. The summed E-state index contributed by atoms with van der Waals surface area (Å²) in [7, 11) is 0. The van der Waals surface area contributed by atoms with E-state index in [9.17, 15) is 0 Å². The van der Waals surface area contributed by atoms with E-state index in [1.807, 2.05) is 0 Å². The molecule has 0 bridgehead atoms. The Bertz CT molecular complexity index is 433. The van der Waals surface area contributed by atoms with Crippen LogP contribution in [0.2, 0.25) is 0 Å². The molecule has 0 atom stereocenters. The number of aryl methyl sites for hydroxylation is 1. The van der Waals surface area contributed by atoms with Crippen molar-refractivity contribution in [3.8, 4) is 0 Å². The molecule has 0 aromatic heterocycles. The van der Waals surface area contributed by atoms with E-state index in [0.29, 0.717) is 0 Å². The second-order valence-electron chi connectivity index (χ2n) is 6.22. The SMILES string of the molecule is CCNCc1ccc(N(CC2CC2)C2CC2)cc1C. The number of nitrogens with one attached hydrogen (secondary N) is 1. The first-order valence-electron chi connectivity index (χ1n) is 7.85. The first-order valence-corrected chi connectivity index (χ1v) is 7.85. The monoisotopic (exact) mass is 258 g/mol. The molecule has 0 unspecified atom stereocenters. The van der Waals surface area contributed by atoms with Crippen LogP contribution in [0.25, 0.3) is 0 Å². The topological polar surface area (TPSA) is 15.3 Å². The molecule has 0 radical (unpaired) electrons. The maximum Gasteiger partial charge on any atom is 0.0371 e. The highest BCUT2D eigenvalue weighted by molar-refractivity contribution is 5.52. The van der Waals surface area contributed by atoms with Crippen LogP contribution < -0.4 is 10.2 Å². The zero-order valence-electron chi connectivity index (χ0n) is 12.3. The fourth-order valence-electron chi connectivity index (χ4n) is 2.75. The van der Waals surface area contributed by atoms with Gasteiger partial charge in [-0.25, -0.2) is 0 Å². The van der Waals surface area contributed by atoms with E-state index in [-0.39, 0.29) is 0 Å². The first kappa shape index (κ1) is 13.0. The van der Waals surface area contributed by atoms with Crippen molar-refractivity contribution in [3.63, 3.8) is 0 Å². The van der Waals surface area contributed by atoms with Crippen LogP contribution in [0, 0.1) is 12.8 Å². The van der Waals surface area contributed by atoms with Crippen molar-refractivity contribution in [1.82, 2.24) is 5.32 Å². The average molecular weight is 258 g/mol. The van der Waals surface area contributed by atoms with Gasteiger partial charge in [0, 0.05) is 24.8 Å². The minimum absolute atomic E-state index is 0.833. The Morgan fingerprint density at radius 3 is 2.58 bits per heavy atom. The van der Waals surface area contributed by atoms with E-state index in [1.165, 1.54) is 49.0 Å². The highest BCUT2D eigenvalue weighted by Crippen LogP contribution is 2.38. The number of hydrogen-bond donors (Lipinski definition) is 1. The van der Waals surface area contributed by atoms with Gasteiger partial charge in [0.05, 0.1) is 0 Å². The van der Waals surface area contributed by atoms with Gasteiger partial charge in [-0.1, -0.05) is 13.0 Å². The molecular formula is C17H26N2. The second-order valence-corrected chi connectivity index (χ2v) is 6.22. The van der Waals surface area contributed by atoms with E-state index < -0.39 is 0 Å². The third kappa shape index (κ3) is 3.30. The van der Waals surface area contributed by atoms with Crippen molar-refractivity contribution < 1.29 is 0 Å². The summed E-state index contributed by atoms with van der Waals surface area (Å²) >= 11 is 0. The molecule has 0 heterocycles. The van der Waals surface area contributed by atoms with Crippen molar-refractivity contribution in [2.75, 3.05) is 18.0 Å². The molecule has 2 nitrogen and oxygen atoms in total. The van der Waals surface area contributed by atoms with Gasteiger partial charge in [0.15, 0.2) is 0 Å². The Hall–Kier alpha value is -1.02. The molecule has 2 heteroatoms. The predicted molar refractivity (Wildman–Crippen MR) is 81.7 cm³/mol. The molecule has 2 fully saturated rings. The third-order valence-corrected chi connectivity index (χ3v) is 4.36. The molecule has 104 valence electrons. The molecular weight excluding hydrogens is 232 g/mol. The van der Waals surface area contributed by atoms with Crippen LogP contribution in [0.3, 0.4) is 0 Å². The molecule has 2 aliphatic carbocycles. The summed E-state index contributed by atoms with van der Waals surface area (Å²) in [6, 6.07) is 7.88. The van der Waals surface area contributed by atoms with Gasteiger partial charge < -0.3 is 10.2 Å².